The van der Waals surface area contributed by atoms with Crippen molar-refractivity contribution >= 4 is 0 Å². The van der Waals surface area contributed by atoms with E-state index < -0.39 is 0 Å². The lowest BCUT2D eigenvalue weighted by molar-refractivity contribution is 0.400. The maximum absolute atomic E-state index is 6.02. The van der Waals surface area contributed by atoms with Crippen molar-refractivity contribution in [3.8, 4) is 11.5 Å². The Kier molecular flexibility index (Phi) is 3.48. The average molecular weight is 245 g/mol. The normalized spacial score (nSPS) is 13.0. The van der Waals surface area contributed by atoms with Crippen molar-refractivity contribution in [1.82, 2.24) is 10.1 Å². The molecule has 96 valence electrons. The van der Waals surface area contributed by atoms with Crippen LogP contribution in [0.1, 0.15) is 36.8 Å². The van der Waals surface area contributed by atoms with Gasteiger partial charge in [-0.15, -0.1) is 0 Å². The zero-order valence-electron chi connectivity index (χ0n) is 11.3. The molecule has 2 rings (SSSR count). The Balaban J connectivity index is 2.41. The average Bonchev–Trinajstić information content (AvgIpc) is 2.77. The van der Waals surface area contributed by atoms with Crippen LogP contribution in [0.4, 0.5) is 0 Å². The highest BCUT2D eigenvalue weighted by atomic mass is 16.5. The first-order valence-electron chi connectivity index (χ1n) is 6.16. The van der Waals surface area contributed by atoms with Gasteiger partial charge in [-0.2, -0.15) is 4.98 Å². The lowest BCUT2D eigenvalue weighted by Crippen LogP contribution is -2.18. The highest BCUT2D eigenvalue weighted by Gasteiger charge is 2.19. The second kappa shape index (κ2) is 4.90. The van der Waals surface area contributed by atoms with E-state index in [2.05, 4.69) is 10.1 Å². The minimum Gasteiger partial charge on any atom is -0.334 e. The van der Waals surface area contributed by atoms with Gasteiger partial charge < -0.3 is 10.3 Å². The van der Waals surface area contributed by atoms with Crippen LogP contribution in [0.3, 0.4) is 0 Å². The predicted molar refractivity (Wildman–Crippen MR) is 71.0 cm³/mol. The number of hydrogen-bond donors (Lipinski definition) is 1. The molecule has 1 heterocycles. The van der Waals surface area contributed by atoms with Gasteiger partial charge in [-0.25, -0.2) is 0 Å². The number of hydrogen-bond acceptors (Lipinski definition) is 4. The Morgan fingerprint density at radius 3 is 2.33 bits per heavy atom. The first kappa shape index (κ1) is 12.8. The number of aromatic nitrogens is 2. The van der Waals surface area contributed by atoms with Crippen LogP contribution >= 0.6 is 0 Å². The number of nitrogens with two attached hydrogens (primary N) is 1. The van der Waals surface area contributed by atoms with E-state index in [9.17, 15) is 0 Å². The Bertz CT molecular complexity index is 525. The van der Waals surface area contributed by atoms with Crippen molar-refractivity contribution < 1.29 is 4.52 Å². The molecule has 0 spiro atoms. The second-order valence-electron chi connectivity index (χ2n) is 4.99. The first-order chi connectivity index (χ1) is 8.50. The third-order valence-corrected chi connectivity index (χ3v) is 3.15. The highest BCUT2D eigenvalue weighted by Crippen LogP contribution is 2.27. The van der Waals surface area contributed by atoms with Crippen molar-refractivity contribution in [2.24, 2.45) is 11.7 Å². The molecule has 1 unspecified atom stereocenters. The molecule has 0 bridgehead atoms. The summed E-state index contributed by atoms with van der Waals surface area (Å²) in [6.07, 6.45) is 0. The van der Waals surface area contributed by atoms with Crippen LogP contribution < -0.4 is 5.73 Å². The molecule has 2 N–H and O–H groups in total. The fraction of sp³-hybridized carbons (Fsp3) is 0.429. The van der Waals surface area contributed by atoms with Crippen molar-refractivity contribution in [3.63, 3.8) is 0 Å². The minimum atomic E-state index is -0.188. The standard InChI is InChI=1S/C14H19N3O/c1-8(2)12(15)13-16-14(18-17-13)11-9(3)6-5-7-10(11)4/h5-8,12H,15H2,1-4H3. The second-order valence-corrected chi connectivity index (χ2v) is 4.99. The summed E-state index contributed by atoms with van der Waals surface area (Å²) in [4.78, 5) is 4.42. The van der Waals surface area contributed by atoms with E-state index >= 15 is 0 Å². The van der Waals surface area contributed by atoms with Gasteiger partial charge in [-0.1, -0.05) is 37.2 Å². The molecule has 2 aromatic rings. The van der Waals surface area contributed by atoms with Gasteiger partial charge in [0.2, 0.25) is 0 Å². The predicted octanol–water partition coefficient (Wildman–Crippen LogP) is 3.01. The zero-order chi connectivity index (χ0) is 13.3. The van der Waals surface area contributed by atoms with Crippen LogP contribution in [0, 0.1) is 19.8 Å². The topological polar surface area (TPSA) is 64.9 Å². The van der Waals surface area contributed by atoms with E-state index in [1.807, 2.05) is 45.9 Å². The molecule has 0 fully saturated rings. The Morgan fingerprint density at radius 1 is 1.17 bits per heavy atom. The van der Waals surface area contributed by atoms with Gasteiger partial charge in [0, 0.05) is 5.56 Å². The smallest absolute Gasteiger partial charge is 0.258 e. The fourth-order valence-corrected chi connectivity index (χ4v) is 1.92. The van der Waals surface area contributed by atoms with Crippen LogP contribution in [0.15, 0.2) is 22.7 Å². The molecule has 0 saturated heterocycles. The van der Waals surface area contributed by atoms with Crippen LogP contribution in [-0.2, 0) is 0 Å². The van der Waals surface area contributed by atoms with Gasteiger partial charge in [0.25, 0.3) is 5.89 Å². The molecule has 4 nitrogen and oxygen atoms in total. The summed E-state index contributed by atoms with van der Waals surface area (Å²) in [5, 5.41) is 3.98. The monoisotopic (exact) mass is 245 g/mol. The van der Waals surface area contributed by atoms with E-state index in [0.717, 1.165) is 16.7 Å². The molecular weight excluding hydrogens is 226 g/mol. The Morgan fingerprint density at radius 2 is 1.78 bits per heavy atom. The Hall–Kier alpha value is -1.68. The van der Waals surface area contributed by atoms with Crippen LogP contribution in [0.5, 0.6) is 0 Å². The maximum Gasteiger partial charge on any atom is 0.258 e. The van der Waals surface area contributed by atoms with E-state index in [4.69, 9.17) is 10.3 Å². The lowest BCUT2D eigenvalue weighted by Gasteiger charge is -2.09. The summed E-state index contributed by atoms with van der Waals surface area (Å²) in [6, 6.07) is 5.90. The van der Waals surface area contributed by atoms with Crippen molar-refractivity contribution in [3.05, 3.63) is 35.2 Å². The van der Waals surface area contributed by atoms with Gasteiger partial charge in [-0.3, -0.25) is 0 Å². The van der Waals surface area contributed by atoms with E-state index in [1.54, 1.807) is 0 Å². The van der Waals surface area contributed by atoms with Gasteiger partial charge in [0.1, 0.15) is 0 Å². The molecule has 0 aliphatic rings. The van der Waals surface area contributed by atoms with Crippen LogP contribution in [0.25, 0.3) is 11.5 Å². The largest absolute Gasteiger partial charge is 0.334 e. The van der Waals surface area contributed by atoms with Crippen molar-refractivity contribution in [2.45, 2.75) is 33.7 Å². The SMILES string of the molecule is Cc1cccc(C)c1-c1nc(C(N)C(C)C)no1. The third-order valence-electron chi connectivity index (χ3n) is 3.15. The quantitative estimate of drug-likeness (QED) is 0.902. The van der Waals surface area contributed by atoms with Gasteiger partial charge in [0.15, 0.2) is 5.82 Å². The van der Waals surface area contributed by atoms with E-state index in [0.29, 0.717) is 11.7 Å². The van der Waals surface area contributed by atoms with E-state index in [-0.39, 0.29) is 12.0 Å². The summed E-state index contributed by atoms with van der Waals surface area (Å²) in [7, 11) is 0. The Labute approximate surface area is 107 Å². The molecule has 4 heteroatoms. The molecule has 1 atom stereocenters. The minimum absolute atomic E-state index is 0.188. The summed E-state index contributed by atoms with van der Waals surface area (Å²) in [5.41, 5.74) is 9.28. The van der Waals surface area contributed by atoms with Crippen LogP contribution in [-0.4, -0.2) is 10.1 Å². The first-order valence-corrected chi connectivity index (χ1v) is 6.16. The van der Waals surface area contributed by atoms with Gasteiger partial charge in [-0.05, 0) is 30.9 Å². The number of aryl methyl sites for hydroxylation is 2. The molecule has 0 saturated carbocycles. The number of rotatable bonds is 3. The van der Waals surface area contributed by atoms with Gasteiger partial charge in [0.05, 0.1) is 6.04 Å². The molecule has 1 aromatic heterocycles. The zero-order valence-corrected chi connectivity index (χ0v) is 11.3. The summed E-state index contributed by atoms with van der Waals surface area (Å²) < 4.78 is 5.34. The van der Waals surface area contributed by atoms with Gasteiger partial charge >= 0.3 is 0 Å². The number of benzene rings is 1. The van der Waals surface area contributed by atoms with Crippen molar-refractivity contribution in [1.29, 1.82) is 0 Å². The van der Waals surface area contributed by atoms with E-state index in [1.165, 1.54) is 0 Å². The molecule has 0 aliphatic heterocycles. The lowest BCUT2D eigenvalue weighted by atomic mass is 10.0. The van der Waals surface area contributed by atoms with Crippen molar-refractivity contribution in [2.75, 3.05) is 0 Å². The summed E-state index contributed by atoms with van der Waals surface area (Å²) in [5.74, 6) is 1.41. The van der Waals surface area contributed by atoms with Crippen LogP contribution in [0.2, 0.25) is 0 Å². The summed E-state index contributed by atoms with van der Waals surface area (Å²) >= 11 is 0. The number of nitrogens with zero attached hydrogens (tertiary/aromatic N) is 2. The molecular formula is C14H19N3O. The summed E-state index contributed by atoms with van der Waals surface area (Å²) in [6.45, 7) is 8.16. The fourth-order valence-electron chi connectivity index (χ4n) is 1.92. The molecule has 0 radical (unpaired) electrons. The molecule has 0 aliphatic carbocycles. The maximum atomic E-state index is 6.02. The molecule has 18 heavy (non-hydrogen) atoms. The molecule has 1 aromatic carbocycles. The highest BCUT2D eigenvalue weighted by molar-refractivity contribution is 5.62. The third kappa shape index (κ3) is 2.29. The molecule has 0 amide bonds.